The number of nitrogens with one attached hydrogen (secondary N) is 1. The molecular formula is C16H19N3O3S. The fourth-order valence-corrected chi connectivity index (χ4v) is 3.59. The van der Waals surface area contributed by atoms with Crippen LogP contribution in [0, 0.1) is 0 Å². The van der Waals surface area contributed by atoms with Crippen molar-refractivity contribution in [3.05, 3.63) is 42.6 Å². The summed E-state index contributed by atoms with van der Waals surface area (Å²) in [5.41, 5.74) is 0.448. The minimum Gasteiger partial charge on any atom is -0.497 e. The highest BCUT2D eigenvalue weighted by Crippen LogP contribution is 2.22. The van der Waals surface area contributed by atoms with Crippen LogP contribution in [0.3, 0.4) is 0 Å². The van der Waals surface area contributed by atoms with Crippen molar-refractivity contribution in [3.8, 4) is 5.75 Å². The molecular weight excluding hydrogens is 314 g/mol. The van der Waals surface area contributed by atoms with Gasteiger partial charge in [-0.2, -0.15) is 0 Å². The number of ether oxygens (including phenoxy) is 1. The van der Waals surface area contributed by atoms with Crippen LogP contribution in [0.1, 0.15) is 12.8 Å². The predicted molar refractivity (Wildman–Crippen MR) is 89.5 cm³/mol. The van der Waals surface area contributed by atoms with Crippen molar-refractivity contribution in [1.29, 1.82) is 0 Å². The molecule has 1 fully saturated rings. The summed E-state index contributed by atoms with van der Waals surface area (Å²) >= 11 is 0. The summed E-state index contributed by atoms with van der Waals surface area (Å²) in [6.45, 7) is 2.01. The molecule has 1 aromatic carbocycles. The number of rotatable bonds is 5. The van der Waals surface area contributed by atoms with Crippen LogP contribution in [0.2, 0.25) is 0 Å². The van der Waals surface area contributed by atoms with Gasteiger partial charge in [0.1, 0.15) is 11.6 Å². The minimum atomic E-state index is -3.63. The molecule has 1 aromatic heterocycles. The van der Waals surface area contributed by atoms with Gasteiger partial charge in [0.25, 0.3) is 10.0 Å². The second kappa shape index (κ2) is 6.45. The molecule has 1 N–H and O–H groups in total. The van der Waals surface area contributed by atoms with E-state index in [2.05, 4.69) is 14.6 Å². The molecule has 0 amide bonds. The molecule has 1 saturated heterocycles. The third-order valence-electron chi connectivity index (χ3n) is 3.80. The zero-order valence-corrected chi connectivity index (χ0v) is 13.7. The van der Waals surface area contributed by atoms with E-state index in [0.717, 1.165) is 18.9 Å². The Morgan fingerprint density at radius 3 is 2.35 bits per heavy atom. The van der Waals surface area contributed by atoms with Crippen LogP contribution in [0.5, 0.6) is 5.75 Å². The highest BCUT2D eigenvalue weighted by molar-refractivity contribution is 7.92. The van der Waals surface area contributed by atoms with E-state index in [1.165, 1.54) is 32.1 Å². The van der Waals surface area contributed by atoms with E-state index in [-0.39, 0.29) is 4.90 Å². The number of methoxy groups -OCH3 is 1. The molecule has 0 unspecified atom stereocenters. The van der Waals surface area contributed by atoms with Gasteiger partial charge in [0.05, 0.1) is 23.9 Å². The van der Waals surface area contributed by atoms with E-state index < -0.39 is 10.0 Å². The number of pyridine rings is 1. The molecule has 6 nitrogen and oxygen atoms in total. The summed E-state index contributed by atoms with van der Waals surface area (Å²) in [7, 11) is -2.09. The average Bonchev–Trinajstić information content (AvgIpc) is 3.10. The molecule has 122 valence electrons. The number of benzene rings is 1. The Morgan fingerprint density at radius 2 is 1.78 bits per heavy atom. The van der Waals surface area contributed by atoms with Gasteiger partial charge < -0.3 is 9.64 Å². The Bertz CT molecular complexity index is 752. The van der Waals surface area contributed by atoms with Crippen molar-refractivity contribution in [1.82, 2.24) is 4.98 Å². The lowest BCUT2D eigenvalue weighted by Gasteiger charge is -2.16. The third kappa shape index (κ3) is 3.56. The summed E-state index contributed by atoms with van der Waals surface area (Å²) in [6, 6.07) is 9.83. The van der Waals surface area contributed by atoms with Gasteiger partial charge >= 0.3 is 0 Å². The molecule has 0 atom stereocenters. The number of anilines is 2. The normalized spacial score (nSPS) is 14.7. The van der Waals surface area contributed by atoms with Crippen LogP contribution >= 0.6 is 0 Å². The second-order valence-electron chi connectivity index (χ2n) is 5.38. The zero-order valence-electron chi connectivity index (χ0n) is 12.9. The summed E-state index contributed by atoms with van der Waals surface area (Å²) in [5.74, 6) is 1.50. The van der Waals surface area contributed by atoms with Gasteiger partial charge in [-0.25, -0.2) is 13.4 Å². The van der Waals surface area contributed by atoms with Gasteiger partial charge in [-0.3, -0.25) is 4.72 Å². The maximum absolute atomic E-state index is 12.4. The summed E-state index contributed by atoms with van der Waals surface area (Å²) < 4.78 is 32.3. The summed E-state index contributed by atoms with van der Waals surface area (Å²) in [5, 5.41) is 0. The Balaban J connectivity index is 1.74. The van der Waals surface area contributed by atoms with Crippen LogP contribution in [0.25, 0.3) is 0 Å². The van der Waals surface area contributed by atoms with Gasteiger partial charge in [0.15, 0.2) is 0 Å². The molecule has 0 spiro atoms. The van der Waals surface area contributed by atoms with Crippen molar-refractivity contribution in [3.63, 3.8) is 0 Å². The topological polar surface area (TPSA) is 71.5 Å². The number of sulfonamides is 1. The van der Waals surface area contributed by atoms with Crippen LogP contribution < -0.4 is 14.4 Å². The Hall–Kier alpha value is -2.28. The molecule has 0 radical (unpaired) electrons. The van der Waals surface area contributed by atoms with Crippen molar-refractivity contribution in [2.75, 3.05) is 29.8 Å². The number of hydrogen-bond acceptors (Lipinski definition) is 5. The average molecular weight is 333 g/mol. The van der Waals surface area contributed by atoms with E-state index in [1.807, 2.05) is 6.07 Å². The van der Waals surface area contributed by atoms with Crippen LogP contribution in [0.15, 0.2) is 47.5 Å². The van der Waals surface area contributed by atoms with E-state index in [0.29, 0.717) is 11.4 Å². The van der Waals surface area contributed by atoms with E-state index >= 15 is 0 Å². The van der Waals surface area contributed by atoms with Crippen molar-refractivity contribution < 1.29 is 13.2 Å². The molecule has 1 aliphatic rings. The van der Waals surface area contributed by atoms with Gasteiger partial charge in [-0.1, -0.05) is 0 Å². The molecule has 2 aromatic rings. The van der Waals surface area contributed by atoms with Gasteiger partial charge in [0.2, 0.25) is 0 Å². The maximum Gasteiger partial charge on any atom is 0.261 e. The highest BCUT2D eigenvalue weighted by atomic mass is 32.2. The lowest BCUT2D eigenvalue weighted by atomic mass is 10.3. The SMILES string of the molecule is COc1ccc(S(=O)(=O)Nc2ccc(N3CCCC3)nc2)cc1. The first-order chi connectivity index (χ1) is 11.1. The zero-order chi connectivity index (χ0) is 16.3. The lowest BCUT2D eigenvalue weighted by Crippen LogP contribution is -2.19. The van der Waals surface area contributed by atoms with Crippen LogP contribution in [-0.4, -0.2) is 33.6 Å². The van der Waals surface area contributed by atoms with Gasteiger partial charge in [-0.15, -0.1) is 0 Å². The summed E-state index contributed by atoms with van der Waals surface area (Å²) in [4.78, 5) is 6.72. The molecule has 7 heteroatoms. The van der Waals surface area contributed by atoms with Gasteiger partial charge in [-0.05, 0) is 49.2 Å². The highest BCUT2D eigenvalue weighted by Gasteiger charge is 2.16. The smallest absolute Gasteiger partial charge is 0.261 e. The van der Waals surface area contributed by atoms with Crippen molar-refractivity contribution in [2.24, 2.45) is 0 Å². The Labute approximate surface area is 136 Å². The largest absolute Gasteiger partial charge is 0.497 e. The first kappa shape index (κ1) is 15.6. The first-order valence-electron chi connectivity index (χ1n) is 7.46. The molecule has 3 rings (SSSR count). The fourth-order valence-electron chi connectivity index (χ4n) is 2.55. The number of aromatic nitrogens is 1. The second-order valence-corrected chi connectivity index (χ2v) is 7.06. The number of nitrogens with zero attached hydrogens (tertiary/aromatic N) is 2. The molecule has 23 heavy (non-hydrogen) atoms. The van der Waals surface area contributed by atoms with E-state index in [9.17, 15) is 8.42 Å². The quantitative estimate of drug-likeness (QED) is 0.910. The minimum absolute atomic E-state index is 0.182. The number of hydrogen-bond donors (Lipinski definition) is 1. The fraction of sp³-hybridized carbons (Fsp3) is 0.312. The van der Waals surface area contributed by atoms with E-state index in [1.54, 1.807) is 24.4 Å². The van der Waals surface area contributed by atoms with Crippen molar-refractivity contribution in [2.45, 2.75) is 17.7 Å². The molecule has 0 aliphatic carbocycles. The standard InChI is InChI=1S/C16H19N3O3S/c1-22-14-5-7-15(8-6-14)23(20,21)18-13-4-9-16(17-12-13)19-10-2-3-11-19/h4-9,12,18H,2-3,10-11H2,1H3. The van der Waals surface area contributed by atoms with E-state index in [4.69, 9.17) is 4.74 Å². The predicted octanol–water partition coefficient (Wildman–Crippen LogP) is 2.49. The summed E-state index contributed by atoms with van der Waals surface area (Å²) in [6.07, 6.45) is 3.90. The van der Waals surface area contributed by atoms with Crippen LogP contribution in [-0.2, 0) is 10.0 Å². The maximum atomic E-state index is 12.4. The van der Waals surface area contributed by atoms with Crippen molar-refractivity contribution >= 4 is 21.5 Å². The first-order valence-corrected chi connectivity index (χ1v) is 8.95. The molecule has 0 bridgehead atoms. The Kier molecular flexibility index (Phi) is 4.38. The third-order valence-corrected chi connectivity index (χ3v) is 5.20. The Morgan fingerprint density at radius 1 is 1.09 bits per heavy atom. The van der Waals surface area contributed by atoms with Gasteiger partial charge in [0, 0.05) is 13.1 Å². The lowest BCUT2D eigenvalue weighted by molar-refractivity contribution is 0.414. The monoisotopic (exact) mass is 333 g/mol. The van der Waals surface area contributed by atoms with Crippen LogP contribution in [0.4, 0.5) is 11.5 Å². The molecule has 1 aliphatic heterocycles. The molecule has 0 saturated carbocycles. The molecule has 2 heterocycles.